The topological polar surface area (TPSA) is 52.6 Å². The van der Waals surface area contributed by atoms with Gasteiger partial charge in [-0.2, -0.15) is 0 Å². The fourth-order valence-electron chi connectivity index (χ4n) is 2.06. The summed E-state index contributed by atoms with van der Waals surface area (Å²) in [6, 6.07) is 0. The molecule has 72 valence electrons. The van der Waals surface area contributed by atoms with Crippen LogP contribution in [0.25, 0.3) is 0 Å². The van der Waals surface area contributed by atoms with E-state index in [4.69, 9.17) is 4.74 Å². The summed E-state index contributed by atoms with van der Waals surface area (Å²) in [6.07, 6.45) is 1.44. The van der Waals surface area contributed by atoms with Gasteiger partial charge in [-0.25, -0.2) is 0 Å². The smallest absolute Gasteiger partial charge is 0.313 e. The van der Waals surface area contributed by atoms with Crippen LogP contribution < -0.4 is 0 Å². The van der Waals surface area contributed by atoms with Gasteiger partial charge in [0, 0.05) is 0 Å². The molecule has 2 bridgehead atoms. The van der Waals surface area contributed by atoms with Crippen molar-refractivity contribution in [1.29, 1.82) is 0 Å². The zero-order valence-electron chi connectivity index (χ0n) is 7.54. The Labute approximate surface area is 76.2 Å². The summed E-state index contributed by atoms with van der Waals surface area (Å²) in [5.41, 5.74) is -0.612. The molecule has 0 amide bonds. The van der Waals surface area contributed by atoms with Gasteiger partial charge in [-0.3, -0.25) is 9.59 Å². The molecule has 0 N–H and O–H groups in total. The molecule has 0 aromatic carbocycles. The summed E-state index contributed by atoms with van der Waals surface area (Å²) < 4.78 is 9.79. The number of hydrogen-bond acceptors (Lipinski definition) is 4. The second kappa shape index (κ2) is 2.80. The van der Waals surface area contributed by atoms with Crippen LogP contribution in [0.3, 0.4) is 0 Å². The van der Waals surface area contributed by atoms with Crippen molar-refractivity contribution < 1.29 is 19.1 Å². The normalized spacial score (nSPS) is 35.3. The van der Waals surface area contributed by atoms with Gasteiger partial charge in [-0.15, -0.1) is 0 Å². The van der Waals surface area contributed by atoms with Crippen LogP contribution in [-0.2, 0) is 19.1 Å². The van der Waals surface area contributed by atoms with Crippen LogP contribution in [0.2, 0.25) is 0 Å². The van der Waals surface area contributed by atoms with E-state index >= 15 is 0 Å². The van der Waals surface area contributed by atoms with Gasteiger partial charge in [-0.1, -0.05) is 0 Å². The molecule has 2 heterocycles. The first-order chi connectivity index (χ1) is 6.16. The van der Waals surface area contributed by atoms with Crippen molar-refractivity contribution in [2.75, 3.05) is 13.7 Å². The van der Waals surface area contributed by atoms with E-state index in [-0.39, 0.29) is 12.2 Å². The average Bonchev–Trinajstić information content (AvgIpc) is 2.61. The highest BCUT2D eigenvalue weighted by Crippen LogP contribution is 2.49. The Bertz CT molecular complexity index is 247. The van der Waals surface area contributed by atoms with Crippen molar-refractivity contribution >= 4 is 11.8 Å². The molecule has 0 radical (unpaired) electrons. The Kier molecular flexibility index (Phi) is 1.87. The van der Waals surface area contributed by atoms with Gasteiger partial charge in [-0.05, 0) is 18.8 Å². The highest BCUT2D eigenvalue weighted by Gasteiger charge is 2.56. The molecule has 2 aliphatic heterocycles. The van der Waals surface area contributed by atoms with E-state index in [1.807, 2.05) is 0 Å². The molecule has 0 spiro atoms. The predicted octanol–water partition coefficient (Wildman–Crippen LogP) is 0.298. The lowest BCUT2D eigenvalue weighted by Gasteiger charge is -2.33. The van der Waals surface area contributed by atoms with Crippen molar-refractivity contribution in [2.24, 2.45) is 5.92 Å². The van der Waals surface area contributed by atoms with Gasteiger partial charge in [0.05, 0.1) is 13.7 Å². The molecule has 1 aliphatic carbocycles. The SMILES string of the molecule is COC(=O)CC(=O)C12CC(CO1)C2. The lowest BCUT2D eigenvalue weighted by Crippen LogP contribution is -2.45. The zero-order valence-corrected chi connectivity index (χ0v) is 7.54. The molecule has 4 nitrogen and oxygen atoms in total. The quantitative estimate of drug-likeness (QED) is 0.467. The molecule has 13 heavy (non-hydrogen) atoms. The first kappa shape index (κ1) is 8.69. The van der Waals surface area contributed by atoms with Crippen molar-refractivity contribution in [3.63, 3.8) is 0 Å². The molecule has 3 aliphatic rings. The fourth-order valence-corrected chi connectivity index (χ4v) is 2.06. The lowest BCUT2D eigenvalue weighted by atomic mass is 9.71. The number of fused-ring (bicyclic) bond motifs is 1. The summed E-state index contributed by atoms with van der Waals surface area (Å²) in [6.45, 7) is 0.674. The van der Waals surface area contributed by atoms with Crippen molar-refractivity contribution in [2.45, 2.75) is 24.9 Å². The van der Waals surface area contributed by atoms with E-state index < -0.39 is 11.6 Å². The maximum Gasteiger partial charge on any atom is 0.313 e. The van der Waals surface area contributed by atoms with Crippen LogP contribution in [-0.4, -0.2) is 31.1 Å². The fraction of sp³-hybridized carbons (Fsp3) is 0.778. The van der Waals surface area contributed by atoms with E-state index in [1.54, 1.807) is 0 Å². The van der Waals surface area contributed by atoms with Crippen LogP contribution in [0.5, 0.6) is 0 Å². The van der Waals surface area contributed by atoms with Gasteiger partial charge in [0.15, 0.2) is 5.78 Å². The molecule has 1 saturated carbocycles. The van der Waals surface area contributed by atoms with E-state index in [2.05, 4.69) is 4.74 Å². The summed E-state index contributed by atoms with van der Waals surface area (Å²) in [5.74, 6) is -0.0481. The molecule has 3 rings (SSSR count). The monoisotopic (exact) mass is 184 g/mol. The van der Waals surface area contributed by atoms with Gasteiger partial charge >= 0.3 is 5.97 Å². The number of hydrogen-bond donors (Lipinski definition) is 0. The number of rotatable bonds is 3. The zero-order chi connectivity index (χ0) is 9.47. The van der Waals surface area contributed by atoms with Crippen molar-refractivity contribution in [3.8, 4) is 0 Å². The van der Waals surface area contributed by atoms with Crippen LogP contribution >= 0.6 is 0 Å². The Balaban J connectivity index is 1.94. The highest BCUT2D eigenvalue weighted by atomic mass is 16.5. The van der Waals surface area contributed by atoms with Gasteiger partial charge in [0.1, 0.15) is 12.0 Å². The number of carbonyl (C=O) groups excluding carboxylic acids is 2. The minimum atomic E-state index is -0.612. The molecule has 4 heteroatoms. The third-order valence-electron chi connectivity index (χ3n) is 2.87. The molecule has 0 aromatic rings. The minimum Gasteiger partial charge on any atom is -0.469 e. The number of carbonyl (C=O) groups is 2. The highest BCUT2D eigenvalue weighted by molar-refractivity contribution is 6.01. The Morgan fingerprint density at radius 1 is 1.54 bits per heavy atom. The molecule has 0 aromatic heterocycles. The summed E-state index contributed by atoms with van der Waals surface area (Å²) in [7, 11) is 1.28. The number of methoxy groups -OCH3 is 1. The maximum atomic E-state index is 11.5. The first-order valence-corrected chi connectivity index (χ1v) is 4.40. The third-order valence-corrected chi connectivity index (χ3v) is 2.87. The van der Waals surface area contributed by atoms with Crippen molar-refractivity contribution in [3.05, 3.63) is 0 Å². The number of ketones is 1. The standard InChI is InChI=1S/C9H12O4/c1-12-8(11)2-7(10)9-3-6(4-9)5-13-9/h6H,2-5H2,1H3. The maximum absolute atomic E-state index is 11.5. The molecule has 3 fully saturated rings. The molecule has 2 saturated heterocycles. The summed E-state index contributed by atoms with van der Waals surface area (Å²) in [4.78, 5) is 22.4. The van der Waals surface area contributed by atoms with Gasteiger partial charge in [0.25, 0.3) is 0 Å². The third kappa shape index (κ3) is 1.25. The second-order valence-corrected chi connectivity index (χ2v) is 3.76. The minimum absolute atomic E-state index is 0.117. The molecule has 0 unspecified atom stereocenters. The van der Waals surface area contributed by atoms with Gasteiger partial charge in [0.2, 0.25) is 0 Å². The molecule has 0 atom stereocenters. The van der Waals surface area contributed by atoms with Crippen LogP contribution in [0, 0.1) is 5.92 Å². The van der Waals surface area contributed by atoms with E-state index in [9.17, 15) is 9.59 Å². The molecular formula is C9H12O4. The Hall–Kier alpha value is -0.900. The first-order valence-electron chi connectivity index (χ1n) is 4.40. The van der Waals surface area contributed by atoms with E-state index in [0.29, 0.717) is 12.5 Å². The Morgan fingerprint density at radius 2 is 2.23 bits per heavy atom. The average molecular weight is 184 g/mol. The van der Waals surface area contributed by atoms with Gasteiger partial charge < -0.3 is 9.47 Å². The Morgan fingerprint density at radius 3 is 2.69 bits per heavy atom. The van der Waals surface area contributed by atoms with Crippen molar-refractivity contribution in [1.82, 2.24) is 0 Å². The van der Waals surface area contributed by atoms with E-state index in [1.165, 1.54) is 7.11 Å². The molecular weight excluding hydrogens is 172 g/mol. The largest absolute Gasteiger partial charge is 0.469 e. The summed E-state index contributed by atoms with van der Waals surface area (Å²) in [5, 5.41) is 0. The number of esters is 1. The van der Waals surface area contributed by atoms with Crippen LogP contribution in [0.4, 0.5) is 0 Å². The van der Waals surface area contributed by atoms with Crippen LogP contribution in [0.15, 0.2) is 0 Å². The van der Waals surface area contributed by atoms with E-state index in [0.717, 1.165) is 12.8 Å². The predicted molar refractivity (Wildman–Crippen MR) is 43.0 cm³/mol. The second-order valence-electron chi connectivity index (χ2n) is 3.76. The number of Topliss-reactive ketones (excluding diaryl/α,β-unsaturated/α-hetero) is 1. The van der Waals surface area contributed by atoms with Crippen LogP contribution in [0.1, 0.15) is 19.3 Å². The summed E-state index contributed by atoms with van der Waals surface area (Å²) >= 11 is 0. The lowest BCUT2D eigenvalue weighted by molar-refractivity contribution is -0.151. The number of ether oxygens (including phenoxy) is 2.